The van der Waals surface area contributed by atoms with E-state index in [2.05, 4.69) is 17.4 Å². The minimum Gasteiger partial charge on any atom is -0.444 e. The highest BCUT2D eigenvalue weighted by Crippen LogP contribution is 2.47. The zero-order chi connectivity index (χ0) is 13.2. The lowest BCUT2D eigenvalue weighted by Crippen LogP contribution is -2.36. The van der Waals surface area contributed by atoms with Gasteiger partial charge in [0.1, 0.15) is 5.60 Å². The average molecular weight is 247 g/mol. The van der Waals surface area contributed by atoms with Crippen LogP contribution in [0.5, 0.6) is 0 Å². The lowest BCUT2D eigenvalue weighted by molar-refractivity contribution is 0.0522. The van der Waals surface area contributed by atoms with Crippen molar-refractivity contribution in [2.45, 2.75) is 44.6 Å². The van der Waals surface area contributed by atoms with Crippen LogP contribution in [0.15, 0.2) is 30.3 Å². The summed E-state index contributed by atoms with van der Waals surface area (Å²) in [6.07, 6.45) is 1.93. The predicted molar refractivity (Wildman–Crippen MR) is 71.6 cm³/mol. The molecule has 0 saturated heterocycles. The van der Waals surface area contributed by atoms with Crippen LogP contribution in [0.2, 0.25) is 0 Å². The van der Waals surface area contributed by atoms with Crippen LogP contribution in [0, 0.1) is 0 Å². The molecule has 2 rings (SSSR count). The van der Waals surface area contributed by atoms with Crippen LogP contribution in [-0.4, -0.2) is 18.2 Å². The number of carbonyl (C=O) groups is 1. The average Bonchev–Trinajstić information content (AvgIpc) is 3.06. The summed E-state index contributed by atoms with van der Waals surface area (Å²) in [5.41, 5.74) is 1.01. The van der Waals surface area contributed by atoms with Gasteiger partial charge in [-0.1, -0.05) is 30.3 Å². The van der Waals surface area contributed by atoms with Crippen molar-refractivity contribution in [2.24, 2.45) is 0 Å². The van der Waals surface area contributed by atoms with Gasteiger partial charge in [0.25, 0.3) is 0 Å². The third-order valence-corrected chi connectivity index (χ3v) is 3.21. The number of ether oxygens (including phenoxy) is 1. The molecular formula is C15H21NO2. The van der Waals surface area contributed by atoms with Gasteiger partial charge in [0.2, 0.25) is 0 Å². The third-order valence-electron chi connectivity index (χ3n) is 3.21. The van der Waals surface area contributed by atoms with Crippen molar-refractivity contribution < 1.29 is 9.53 Å². The van der Waals surface area contributed by atoms with Gasteiger partial charge in [0.05, 0.1) is 0 Å². The number of benzene rings is 1. The Hall–Kier alpha value is -1.51. The molecule has 1 amide bonds. The van der Waals surface area contributed by atoms with Crippen molar-refractivity contribution in [3.8, 4) is 0 Å². The van der Waals surface area contributed by atoms with Crippen molar-refractivity contribution in [3.05, 3.63) is 35.9 Å². The van der Waals surface area contributed by atoms with E-state index in [1.807, 2.05) is 39.0 Å². The second-order valence-corrected chi connectivity index (χ2v) is 6.00. The summed E-state index contributed by atoms with van der Waals surface area (Å²) in [7, 11) is 0. The fourth-order valence-corrected chi connectivity index (χ4v) is 2.07. The number of amides is 1. The van der Waals surface area contributed by atoms with Gasteiger partial charge in [0.15, 0.2) is 0 Å². The highest BCUT2D eigenvalue weighted by atomic mass is 16.6. The summed E-state index contributed by atoms with van der Waals surface area (Å²) in [6.45, 7) is 6.27. The lowest BCUT2D eigenvalue weighted by atomic mass is 9.96. The Morgan fingerprint density at radius 2 is 1.89 bits per heavy atom. The van der Waals surface area contributed by atoms with Crippen molar-refractivity contribution in [1.29, 1.82) is 0 Å². The van der Waals surface area contributed by atoms with E-state index in [1.165, 1.54) is 5.56 Å². The number of carbonyl (C=O) groups excluding carboxylic acids is 1. The van der Waals surface area contributed by atoms with E-state index in [4.69, 9.17) is 4.74 Å². The van der Waals surface area contributed by atoms with E-state index in [9.17, 15) is 4.79 Å². The Balaban J connectivity index is 1.89. The predicted octanol–water partition coefficient (Wildman–Crippen LogP) is 3.24. The molecule has 0 aromatic heterocycles. The van der Waals surface area contributed by atoms with E-state index in [0.717, 1.165) is 12.8 Å². The minimum absolute atomic E-state index is 0.137. The van der Waals surface area contributed by atoms with Crippen molar-refractivity contribution >= 4 is 6.09 Å². The van der Waals surface area contributed by atoms with E-state index < -0.39 is 5.60 Å². The monoisotopic (exact) mass is 247 g/mol. The van der Waals surface area contributed by atoms with Gasteiger partial charge in [-0.25, -0.2) is 4.79 Å². The second-order valence-electron chi connectivity index (χ2n) is 6.00. The highest BCUT2D eigenvalue weighted by Gasteiger charge is 2.44. The van der Waals surface area contributed by atoms with Gasteiger partial charge in [-0.05, 0) is 39.2 Å². The van der Waals surface area contributed by atoms with Crippen LogP contribution in [-0.2, 0) is 10.2 Å². The molecule has 0 bridgehead atoms. The standard InChI is InChI=1S/C15H21NO2/c1-14(2,3)18-13(17)16-11-15(9-10-15)12-7-5-4-6-8-12/h4-8H,9-11H2,1-3H3,(H,16,17). The summed E-state index contributed by atoms with van der Waals surface area (Å²) in [5.74, 6) is 0. The molecule has 1 saturated carbocycles. The molecule has 0 atom stereocenters. The molecule has 0 radical (unpaired) electrons. The SMILES string of the molecule is CC(C)(C)OC(=O)NCC1(c2ccccc2)CC1. The molecule has 3 heteroatoms. The van der Waals surface area contributed by atoms with Crippen LogP contribution in [0.4, 0.5) is 4.79 Å². The zero-order valence-electron chi connectivity index (χ0n) is 11.3. The van der Waals surface area contributed by atoms with Gasteiger partial charge in [-0.2, -0.15) is 0 Å². The van der Waals surface area contributed by atoms with Crippen LogP contribution in [0.3, 0.4) is 0 Å². The maximum Gasteiger partial charge on any atom is 0.407 e. The first kappa shape index (κ1) is 12.9. The molecule has 1 N–H and O–H groups in total. The van der Waals surface area contributed by atoms with E-state index in [0.29, 0.717) is 6.54 Å². The maximum atomic E-state index is 11.6. The third kappa shape index (κ3) is 3.25. The van der Waals surface area contributed by atoms with Crippen LogP contribution >= 0.6 is 0 Å². The minimum atomic E-state index is -0.437. The number of alkyl carbamates (subject to hydrolysis) is 1. The largest absolute Gasteiger partial charge is 0.444 e. The van der Waals surface area contributed by atoms with E-state index in [-0.39, 0.29) is 11.5 Å². The van der Waals surface area contributed by atoms with Gasteiger partial charge in [0, 0.05) is 12.0 Å². The van der Waals surface area contributed by atoms with E-state index in [1.54, 1.807) is 0 Å². The molecule has 0 aliphatic heterocycles. The maximum absolute atomic E-state index is 11.6. The Morgan fingerprint density at radius 3 is 2.39 bits per heavy atom. The summed E-state index contributed by atoms with van der Waals surface area (Å²) < 4.78 is 5.25. The number of nitrogens with one attached hydrogen (secondary N) is 1. The molecule has 0 unspecified atom stereocenters. The molecule has 1 aliphatic carbocycles. The first-order chi connectivity index (χ1) is 8.41. The fourth-order valence-electron chi connectivity index (χ4n) is 2.07. The number of rotatable bonds is 3. The molecule has 98 valence electrons. The smallest absolute Gasteiger partial charge is 0.407 e. The van der Waals surface area contributed by atoms with E-state index >= 15 is 0 Å². The molecule has 1 fully saturated rings. The van der Waals surface area contributed by atoms with Gasteiger partial charge in [-0.15, -0.1) is 0 Å². The fraction of sp³-hybridized carbons (Fsp3) is 0.533. The summed E-state index contributed by atoms with van der Waals surface area (Å²) in [6, 6.07) is 10.4. The Bertz CT molecular complexity index is 416. The molecule has 0 spiro atoms. The van der Waals surface area contributed by atoms with Crippen molar-refractivity contribution in [1.82, 2.24) is 5.32 Å². The quantitative estimate of drug-likeness (QED) is 0.890. The first-order valence-electron chi connectivity index (χ1n) is 6.44. The molecule has 1 aromatic rings. The normalized spacial score (nSPS) is 17.1. The summed E-state index contributed by atoms with van der Waals surface area (Å²) in [5, 5.41) is 2.88. The lowest BCUT2D eigenvalue weighted by Gasteiger charge is -2.22. The zero-order valence-corrected chi connectivity index (χ0v) is 11.3. The topological polar surface area (TPSA) is 38.3 Å². The van der Waals surface area contributed by atoms with Crippen molar-refractivity contribution in [3.63, 3.8) is 0 Å². The van der Waals surface area contributed by atoms with Crippen LogP contribution in [0.1, 0.15) is 39.2 Å². The molecule has 0 heterocycles. The molecule has 3 nitrogen and oxygen atoms in total. The molecule has 18 heavy (non-hydrogen) atoms. The number of hydrogen-bond acceptors (Lipinski definition) is 2. The Kier molecular flexibility index (Phi) is 3.33. The molecule has 1 aliphatic rings. The second kappa shape index (κ2) is 4.63. The molecular weight excluding hydrogens is 226 g/mol. The van der Waals surface area contributed by atoms with Gasteiger partial charge in [-0.3, -0.25) is 0 Å². The summed E-state index contributed by atoms with van der Waals surface area (Å²) >= 11 is 0. The Labute approximate surface area is 109 Å². The van der Waals surface area contributed by atoms with Crippen molar-refractivity contribution in [2.75, 3.05) is 6.54 Å². The van der Waals surface area contributed by atoms with Gasteiger partial charge < -0.3 is 10.1 Å². The highest BCUT2D eigenvalue weighted by molar-refractivity contribution is 5.68. The van der Waals surface area contributed by atoms with Crippen LogP contribution in [0.25, 0.3) is 0 Å². The molecule has 1 aromatic carbocycles. The van der Waals surface area contributed by atoms with Crippen LogP contribution < -0.4 is 5.32 Å². The van der Waals surface area contributed by atoms with Gasteiger partial charge >= 0.3 is 6.09 Å². The number of hydrogen-bond donors (Lipinski definition) is 1. The Morgan fingerprint density at radius 1 is 1.28 bits per heavy atom. The summed E-state index contributed by atoms with van der Waals surface area (Å²) in [4.78, 5) is 11.6. The first-order valence-corrected chi connectivity index (χ1v) is 6.44.